The number of methoxy groups -OCH3 is 1. The van der Waals surface area contributed by atoms with Gasteiger partial charge in [-0.25, -0.2) is 4.79 Å². The van der Waals surface area contributed by atoms with Crippen LogP contribution in [0.5, 0.6) is 5.75 Å². The van der Waals surface area contributed by atoms with Crippen LogP contribution in [0, 0.1) is 0 Å². The molecule has 0 aliphatic carbocycles. The molecule has 25 heavy (non-hydrogen) atoms. The molecule has 0 radical (unpaired) electrons. The standard InChI is InChI=1S/C18H19NO4.C2H6/c1-3-11-23-16-6-4-5-14(12-16)17(20)19-15-9-7-13(8-10-15)18(21)22-2;1-2/h4-10,12H,3,11H2,1-2H3,(H,19,20);1-2H3. The molecule has 0 saturated carbocycles. The molecule has 1 N–H and O–H groups in total. The molecule has 2 aromatic rings. The predicted octanol–water partition coefficient (Wildman–Crippen LogP) is 4.54. The number of ether oxygens (including phenoxy) is 2. The molecular weight excluding hydrogens is 318 g/mol. The number of hydrogen-bond donors (Lipinski definition) is 1. The van der Waals surface area contributed by atoms with Crippen LogP contribution in [0.3, 0.4) is 0 Å². The quantitative estimate of drug-likeness (QED) is 0.782. The van der Waals surface area contributed by atoms with E-state index < -0.39 is 5.97 Å². The summed E-state index contributed by atoms with van der Waals surface area (Å²) in [6, 6.07) is 13.5. The first-order valence-corrected chi connectivity index (χ1v) is 8.36. The van der Waals surface area contributed by atoms with Gasteiger partial charge in [0.1, 0.15) is 5.75 Å². The molecule has 0 heterocycles. The number of anilines is 1. The maximum atomic E-state index is 12.3. The SMILES string of the molecule is CC.CCCOc1cccc(C(=O)Nc2ccc(C(=O)OC)cc2)c1. The summed E-state index contributed by atoms with van der Waals surface area (Å²) < 4.78 is 10.2. The van der Waals surface area contributed by atoms with E-state index >= 15 is 0 Å². The van der Waals surface area contributed by atoms with E-state index in [0.717, 1.165) is 6.42 Å². The second kappa shape index (κ2) is 10.9. The Morgan fingerprint density at radius 2 is 1.68 bits per heavy atom. The second-order valence-electron chi connectivity index (χ2n) is 4.90. The van der Waals surface area contributed by atoms with Gasteiger partial charge in [0.2, 0.25) is 0 Å². The number of nitrogens with one attached hydrogen (secondary N) is 1. The first-order valence-electron chi connectivity index (χ1n) is 8.36. The fourth-order valence-corrected chi connectivity index (χ4v) is 1.96. The molecule has 0 fully saturated rings. The van der Waals surface area contributed by atoms with Crippen LogP contribution in [0.25, 0.3) is 0 Å². The first-order chi connectivity index (χ1) is 12.1. The average Bonchev–Trinajstić information content (AvgIpc) is 2.68. The lowest BCUT2D eigenvalue weighted by Gasteiger charge is -2.08. The van der Waals surface area contributed by atoms with E-state index in [9.17, 15) is 9.59 Å². The molecule has 0 spiro atoms. The van der Waals surface area contributed by atoms with Gasteiger partial charge in [0.25, 0.3) is 5.91 Å². The largest absolute Gasteiger partial charge is 0.494 e. The Balaban J connectivity index is 0.00000151. The van der Waals surface area contributed by atoms with E-state index in [4.69, 9.17) is 4.74 Å². The van der Waals surface area contributed by atoms with Crippen molar-refractivity contribution >= 4 is 17.6 Å². The molecular formula is C20H25NO4. The lowest BCUT2D eigenvalue weighted by atomic mass is 10.1. The van der Waals surface area contributed by atoms with Crippen LogP contribution >= 0.6 is 0 Å². The number of esters is 1. The average molecular weight is 343 g/mol. The summed E-state index contributed by atoms with van der Waals surface area (Å²) in [6.45, 7) is 6.63. The minimum absolute atomic E-state index is 0.238. The topological polar surface area (TPSA) is 64.6 Å². The highest BCUT2D eigenvalue weighted by Crippen LogP contribution is 2.16. The summed E-state index contributed by atoms with van der Waals surface area (Å²) in [5.74, 6) is 0.0157. The zero-order chi connectivity index (χ0) is 18.7. The van der Waals surface area contributed by atoms with Crippen molar-refractivity contribution < 1.29 is 19.1 Å². The minimum Gasteiger partial charge on any atom is -0.494 e. The van der Waals surface area contributed by atoms with Crippen LogP contribution in [0.2, 0.25) is 0 Å². The highest BCUT2D eigenvalue weighted by atomic mass is 16.5. The molecule has 0 aliphatic rings. The molecule has 5 heteroatoms. The number of carbonyl (C=O) groups is 2. The van der Waals surface area contributed by atoms with Crippen LogP contribution in [0.15, 0.2) is 48.5 Å². The highest BCUT2D eigenvalue weighted by molar-refractivity contribution is 6.04. The number of benzene rings is 2. The van der Waals surface area contributed by atoms with Crippen molar-refractivity contribution in [3.05, 3.63) is 59.7 Å². The molecule has 0 atom stereocenters. The molecule has 0 unspecified atom stereocenters. The lowest BCUT2D eigenvalue weighted by Crippen LogP contribution is -2.12. The van der Waals surface area contributed by atoms with Crippen molar-refractivity contribution in [1.82, 2.24) is 0 Å². The third-order valence-electron chi connectivity index (χ3n) is 3.13. The van der Waals surface area contributed by atoms with Gasteiger partial charge in [0.05, 0.1) is 19.3 Å². The summed E-state index contributed by atoms with van der Waals surface area (Å²) in [5, 5.41) is 2.78. The van der Waals surface area contributed by atoms with Crippen molar-refractivity contribution in [1.29, 1.82) is 0 Å². The summed E-state index contributed by atoms with van der Waals surface area (Å²) in [7, 11) is 1.33. The van der Waals surface area contributed by atoms with Crippen LogP contribution in [-0.2, 0) is 4.74 Å². The summed E-state index contributed by atoms with van der Waals surface area (Å²) in [4.78, 5) is 23.6. The molecule has 0 bridgehead atoms. The monoisotopic (exact) mass is 343 g/mol. The predicted molar refractivity (Wildman–Crippen MR) is 99.3 cm³/mol. The fraction of sp³-hybridized carbons (Fsp3) is 0.300. The van der Waals surface area contributed by atoms with Crippen molar-refractivity contribution in [2.75, 3.05) is 19.0 Å². The maximum absolute atomic E-state index is 12.3. The van der Waals surface area contributed by atoms with Gasteiger partial charge < -0.3 is 14.8 Å². The van der Waals surface area contributed by atoms with Gasteiger partial charge in [-0.05, 0) is 48.9 Å². The number of amides is 1. The Bertz CT molecular complexity index is 680. The van der Waals surface area contributed by atoms with Gasteiger partial charge in [-0.1, -0.05) is 26.8 Å². The Kier molecular flexibility index (Phi) is 8.79. The molecule has 134 valence electrons. The van der Waals surface area contributed by atoms with E-state index in [1.54, 1.807) is 42.5 Å². The molecule has 0 aliphatic heterocycles. The fourth-order valence-electron chi connectivity index (χ4n) is 1.96. The molecule has 5 nitrogen and oxygen atoms in total. The highest BCUT2D eigenvalue weighted by Gasteiger charge is 2.09. The van der Waals surface area contributed by atoms with E-state index in [1.807, 2.05) is 26.8 Å². The van der Waals surface area contributed by atoms with Crippen LogP contribution in [-0.4, -0.2) is 25.6 Å². The molecule has 0 saturated heterocycles. The number of rotatable bonds is 6. The van der Waals surface area contributed by atoms with Crippen LogP contribution in [0.4, 0.5) is 5.69 Å². The van der Waals surface area contributed by atoms with Gasteiger partial charge in [-0.3, -0.25) is 4.79 Å². The zero-order valence-corrected chi connectivity index (χ0v) is 15.2. The van der Waals surface area contributed by atoms with E-state index in [0.29, 0.717) is 29.2 Å². The molecule has 2 rings (SSSR count). The Hall–Kier alpha value is -2.82. The summed E-state index contributed by atoms with van der Waals surface area (Å²) in [6.07, 6.45) is 0.906. The molecule has 2 aromatic carbocycles. The van der Waals surface area contributed by atoms with Crippen LogP contribution < -0.4 is 10.1 Å². The van der Waals surface area contributed by atoms with Crippen molar-refractivity contribution in [2.45, 2.75) is 27.2 Å². The van der Waals surface area contributed by atoms with Crippen LogP contribution in [0.1, 0.15) is 47.9 Å². The van der Waals surface area contributed by atoms with Crippen molar-refractivity contribution in [3.63, 3.8) is 0 Å². The van der Waals surface area contributed by atoms with Crippen molar-refractivity contribution in [3.8, 4) is 5.75 Å². The van der Waals surface area contributed by atoms with Gasteiger partial charge in [-0.15, -0.1) is 0 Å². The normalized spacial score (nSPS) is 9.44. The van der Waals surface area contributed by atoms with E-state index in [1.165, 1.54) is 7.11 Å². The Labute approximate surface area is 149 Å². The first kappa shape index (κ1) is 20.2. The van der Waals surface area contributed by atoms with E-state index in [-0.39, 0.29) is 5.91 Å². The van der Waals surface area contributed by atoms with Crippen molar-refractivity contribution in [2.24, 2.45) is 0 Å². The zero-order valence-electron chi connectivity index (χ0n) is 15.2. The third kappa shape index (κ3) is 6.30. The van der Waals surface area contributed by atoms with Gasteiger partial charge in [-0.2, -0.15) is 0 Å². The Morgan fingerprint density at radius 1 is 1.00 bits per heavy atom. The molecule has 1 amide bonds. The summed E-state index contributed by atoms with van der Waals surface area (Å²) in [5.41, 5.74) is 1.54. The second-order valence-corrected chi connectivity index (χ2v) is 4.90. The number of hydrogen-bond acceptors (Lipinski definition) is 4. The van der Waals surface area contributed by atoms with Gasteiger partial charge >= 0.3 is 5.97 Å². The van der Waals surface area contributed by atoms with E-state index in [2.05, 4.69) is 10.1 Å². The van der Waals surface area contributed by atoms with Gasteiger partial charge in [0, 0.05) is 11.3 Å². The molecule has 0 aromatic heterocycles. The maximum Gasteiger partial charge on any atom is 0.337 e. The van der Waals surface area contributed by atoms with Gasteiger partial charge in [0.15, 0.2) is 0 Å². The smallest absolute Gasteiger partial charge is 0.337 e. The third-order valence-corrected chi connectivity index (χ3v) is 3.13. The number of carbonyl (C=O) groups excluding carboxylic acids is 2. The summed E-state index contributed by atoms with van der Waals surface area (Å²) >= 11 is 0. The minimum atomic E-state index is -0.413. The lowest BCUT2D eigenvalue weighted by molar-refractivity contribution is 0.0600. The Morgan fingerprint density at radius 3 is 2.28 bits per heavy atom.